The van der Waals surface area contributed by atoms with Crippen LogP contribution < -0.4 is 0 Å². The van der Waals surface area contributed by atoms with Crippen LogP contribution in [0.1, 0.15) is 64.0 Å². The highest BCUT2D eigenvalue weighted by Crippen LogP contribution is 2.11. The fraction of sp³-hybridized carbons (Fsp3) is 0.735. The molecule has 0 saturated carbocycles. The lowest BCUT2D eigenvalue weighted by Gasteiger charge is -2.32. The molecule has 1 aliphatic heterocycles. The fourth-order valence-electron chi connectivity index (χ4n) is 5.36. The van der Waals surface area contributed by atoms with Crippen molar-refractivity contribution in [1.82, 2.24) is 19.6 Å². The molecule has 0 bridgehead atoms. The number of hydrogen-bond donors (Lipinski definition) is 0. The number of rotatable bonds is 19. The molecule has 1 fully saturated rings. The monoisotopic (exact) mass is 620 g/mol. The van der Waals surface area contributed by atoms with Crippen LogP contribution in [0, 0.1) is 0 Å². The Hall–Kier alpha value is -1.89. The van der Waals surface area contributed by atoms with E-state index in [1.807, 2.05) is 26.8 Å². The average molecular weight is 621 g/mol. The van der Waals surface area contributed by atoms with Gasteiger partial charge in [0.15, 0.2) is 0 Å². The highest BCUT2D eigenvalue weighted by atomic mass is 17.2. The van der Waals surface area contributed by atoms with Crippen molar-refractivity contribution >= 4 is 12.0 Å². The van der Waals surface area contributed by atoms with E-state index in [1.165, 1.54) is 5.56 Å². The summed E-state index contributed by atoms with van der Waals surface area (Å²) in [5.74, 6) is -0.117. The van der Waals surface area contributed by atoms with Gasteiger partial charge in [0.2, 0.25) is 0 Å². The Balaban J connectivity index is 2.10. The van der Waals surface area contributed by atoms with Gasteiger partial charge in [0.1, 0.15) is 0 Å². The Morgan fingerprint density at radius 2 is 1.18 bits per heavy atom. The Bertz CT molecular complexity index is 859. The molecule has 44 heavy (non-hydrogen) atoms. The summed E-state index contributed by atoms with van der Waals surface area (Å²) >= 11 is 0. The first-order valence-corrected chi connectivity index (χ1v) is 16.8. The van der Waals surface area contributed by atoms with Gasteiger partial charge >= 0.3 is 5.97 Å². The molecule has 0 N–H and O–H groups in total. The van der Waals surface area contributed by atoms with Gasteiger partial charge in [-0.15, -0.1) is 0 Å². The van der Waals surface area contributed by atoms with Crippen molar-refractivity contribution in [2.45, 2.75) is 59.4 Å². The molecule has 0 unspecified atom stereocenters. The highest BCUT2D eigenvalue weighted by Gasteiger charge is 2.16. The summed E-state index contributed by atoms with van der Waals surface area (Å²) in [4.78, 5) is 43.1. The van der Waals surface area contributed by atoms with E-state index in [9.17, 15) is 4.79 Å². The zero-order chi connectivity index (χ0) is 31.7. The van der Waals surface area contributed by atoms with E-state index in [4.69, 9.17) is 24.3 Å². The summed E-state index contributed by atoms with van der Waals surface area (Å²) in [7, 11) is 0. The van der Waals surface area contributed by atoms with Crippen LogP contribution >= 0.6 is 0 Å². The van der Waals surface area contributed by atoms with Crippen molar-refractivity contribution in [3.8, 4) is 0 Å². The molecule has 1 aromatic carbocycles. The number of benzene rings is 1. The smallest absolute Gasteiger partial charge is 0.307 e. The standard InChI is InChI=1S/C34H60N4O6/c1-5-32-13-15-33(16-14-32)31-38-21-10-19-36(23-12-30-44-42-8-4)26-25-35(22-11-29-43-41-7-3)18-9-20-37(27-28-38)24-17-34(39)40-6-2/h5,13-16H,1,6-12,17-31H2,2-4H3. The number of esters is 1. The Morgan fingerprint density at radius 1 is 0.682 bits per heavy atom. The van der Waals surface area contributed by atoms with Gasteiger partial charge in [-0.1, -0.05) is 36.9 Å². The Kier molecular flexibility index (Phi) is 22.0. The van der Waals surface area contributed by atoms with Crippen LogP contribution in [0.2, 0.25) is 0 Å². The predicted molar refractivity (Wildman–Crippen MR) is 176 cm³/mol. The second kappa shape index (κ2) is 25.3. The van der Waals surface area contributed by atoms with E-state index in [2.05, 4.69) is 50.4 Å². The van der Waals surface area contributed by atoms with Gasteiger partial charge in [-0.2, -0.15) is 0 Å². The normalized spacial score (nSPS) is 17.3. The molecule has 2 rings (SSSR count). The number of carbonyl (C=O) groups is 1. The Morgan fingerprint density at radius 3 is 1.68 bits per heavy atom. The summed E-state index contributed by atoms with van der Waals surface area (Å²) in [5, 5.41) is 0. The van der Waals surface area contributed by atoms with Gasteiger partial charge in [0.05, 0.1) is 39.5 Å². The summed E-state index contributed by atoms with van der Waals surface area (Å²) in [5.41, 5.74) is 2.45. The molecule has 0 amide bonds. The van der Waals surface area contributed by atoms with Crippen LogP contribution in [-0.2, 0) is 35.6 Å². The second-order valence-corrected chi connectivity index (χ2v) is 11.2. The van der Waals surface area contributed by atoms with E-state index in [0.717, 1.165) is 110 Å². The van der Waals surface area contributed by atoms with Crippen LogP contribution in [0.25, 0.3) is 6.08 Å². The molecule has 10 heteroatoms. The molecular formula is C34H60N4O6. The molecule has 1 heterocycles. The van der Waals surface area contributed by atoms with Crippen LogP contribution in [0.5, 0.6) is 0 Å². The first kappa shape index (κ1) is 38.3. The van der Waals surface area contributed by atoms with Crippen LogP contribution in [0.4, 0.5) is 0 Å². The number of nitrogens with zero attached hydrogens (tertiary/aromatic N) is 4. The van der Waals surface area contributed by atoms with Crippen LogP contribution in [0.3, 0.4) is 0 Å². The Labute approximate surface area is 267 Å². The zero-order valence-corrected chi connectivity index (χ0v) is 27.9. The van der Waals surface area contributed by atoms with Crippen molar-refractivity contribution in [1.29, 1.82) is 0 Å². The maximum absolute atomic E-state index is 12.2. The van der Waals surface area contributed by atoms with Crippen molar-refractivity contribution in [2.24, 2.45) is 0 Å². The van der Waals surface area contributed by atoms with Crippen LogP contribution in [-0.4, -0.2) is 131 Å². The number of ether oxygens (including phenoxy) is 1. The van der Waals surface area contributed by atoms with Gasteiger partial charge in [0, 0.05) is 52.4 Å². The first-order valence-electron chi connectivity index (χ1n) is 16.8. The van der Waals surface area contributed by atoms with Crippen molar-refractivity contribution in [2.75, 3.05) is 105 Å². The van der Waals surface area contributed by atoms with Crippen molar-refractivity contribution < 1.29 is 29.1 Å². The molecular weight excluding hydrogens is 560 g/mol. The SMILES string of the molecule is C=Cc1ccc(CN2CCCN(CCCOOCC)CCN(CCCOOCC)CCCN(CCC(=O)OCC)CC2)cc1. The van der Waals surface area contributed by atoms with E-state index >= 15 is 0 Å². The molecule has 10 nitrogen and oxygen atoms in total. The van der Waals surface area contributed by atoms with Gasteiger partial charge < -0.3 is 19.4 Å². The van der Waals surface area contributed by atoms with E-state index in [-0.39, 0.29) is 5.97 Å². The minimum Gasteiger partial charge on any atom is -0.466 e. The predicted octanol–water partition coefficient (Wildman–Crippen LogP) is 4.50. The lowest BCUT2D eigenvalue weighted by atomic mass is 10.1. The number of hydrogen-bond acceptors (Lipinski definition) is 10. The highest BCUT2D eigenvalue weighted by molar-refractivity contribution is 5.69. The largest absolute Gasteiger partial charge is 0.466 e. The molecule has 0 atom stereocenters. The molecule has 1 saturated heterocycles. The first-order chi connectivity index (χ1) is 21.6. The zero-order valence-electron chi connectivity index (χ0n) is 27.9. The van der Waals surface area contributed by atoms with Gasteiger partial charge in [-0.25, -0.2) is 19.6 Å². The van der Waals surface area contributed by atoms with E-state index in [1.54, 1.807) is 0 Å². The molecule has 0 radical (unpaired) electrons. The summed E-state index contributed by atoms with van der Waals surface area (Å²) in [6.07, 6.45) is 6.31. The topological polar surface area (TPSA) is 76.2 Å². The molecule has 0 aromatic heterocycles. The maximum Gasteiger partial charge on any atom is 0.307 e. The third-order valence-corrected chi connectivity index (χ3v) is 7.73. The van der Waals surface area contributed by atoms with Gasteiger partial charge in [0.25, 0.3) is 0 Å². The summed E-state index contributed by atoms with van der Waals surface area (Å²) in [6, 6.07) is 8.69. The molecule has 0 spiro atoms. The molecule has 1 aliphatic rings. The lowest BCUT2D eigenvalue weighted by Crippen LogP contribution is -2.42. The minimum absolute atomic E-state index is 0.117. The van der Waals surface area contributed by atoms with Crippen molar-refractivity contribution in [3.05, 3.63) is 42.0 Å². The summed E-state index contributed by atoms with van der Waals surface area (Å²) < 4.78 is 5.23. The third-order valence-electron chi connectivity index (χ3n) is 7.73. The second-order valence-electron chi connectivity index (χ2n) is 11.2. The quantitative estimate of drug-likeness (QED) is 0.0955. The van der Waals surface area contributed by atoms with E-state index in [0.29, 0.717) is 39.5 Å². The van der Waals surface area contributed by atoms with E-state index < -0.39 is 0 Å². The maximum atomic E-state index is 12.2. The fourth-order valence-corrected chi connectivity index (χ4v) is 5.36. The lowest BCUT2D eigenvalue weighted by molar-refractivity contribution is -0.291. The molecule has 252 valence electrons. The van der Waals surface area contributed by atoms with Crippen molar-refractivity contribution in [3.63, 3.8) is 0 Å². The third kappa shape index (κ3) is 18.2. The minimum atomic E-state index is -0.117. The molecule has 0 aliphatic carbocycles. The number of carbonyl (C=O) groups excluding carboxylic acids is 1. The average Bonchev–Trinajstić information content (AvgIpc) is 3.03. The van der Waals surface area contributed by atoms with Gasteiger partial charge in [-0.05, 0) is 83.8 Å². The van der Waals surface area contributed by atoms with Crippen LogP contribution in [0.15, 0.2) is 30.8 Å². The van der Waals surface area contributed by atoms with Gasteiger partial charge in [-0.3, -0.25) is 9.69 Å². The molecule has 1 aromatic rings. The summed E-state index contributed by atoms with van der Waals surface area (Å²) in [6.45, 7) is 23.9.